The summed E-state index contributed by atoms with van der Waals surface area (Å²) < 4.78 is 5.14. The molecular formula is C13H19N5O. The van der Waals surface area contributed by atoms with Crippen molar-refractivity contribution in [1.29, 1.82) is 0 Å². The van der Waals surface area contributed by atoms with E-state index in [1.54, 1.807) is 14.2 Å². The Labute approximate surface area is 112 Å². The van der Waals surface area contributed by atoms with E-state index in [1.165, 1.54) is 4.80 Å². The minimum Gasteiger partial charge on any atom is -0.497 e. The van der Waals surface area contributed by atoms with Gasteiger partial charge in [-0.25, -0.2) is 0 Å². The van der Waals surface area contributed by atoms with Crippen LogP contribution in [0.1, 0.15) is 18.3 Å². The van der Waals surface area contributed by atoms with E-state index in [9.17, 15) is 0 Å². The molecule has 2 N–H and O–H groups in total. The second kappa shape index (κ2) is 5.36. The molecule has 0 saturated carbocycles. The van der Waals surface area contributed by atoms with Crippen molar-refractivity contribution >= 4 is 0 Å². The summed E-state index contributed by atoms with van der Waals surface area (Å²) in [5.74, 6) is 1.51. The van der Waals surface area contributed by atoms with Gasteiger partial charge in [-0.1, -0.05) is 12.1 Å². The molecule has 0 amide bonds. The molecule has 102 valence electrons. The van der Waals surface area contributed by atoms with E-state index < -0.39 is 5.54 Å². The first-order valence-electron chi connectivity index (χ1n) is 6.13. The lowest BCUT2D eigenvalue weighted by Gasteiger charge is -2.23. The van der Waals surface area contributed by atoms with Crippen LogP contribution in [0.2, 0.25) is 0 Å². The molecule has 0 spiro atoms. The highest BCUT2D eigenvalue weighted by molar-refractivity contribution is 5.28. The molecular weight excluding hydrogens is 242 g/mol. The SMILES string of the molecule is COc1ccc(CC(C)(N)Cc2nnn(C)n2)cc1. The first-order chi connectivity index (χ1) is 8.98. The van der Waals surface area contributed by atoms with Gasteiger partial charge >= 0.3 is 0 Å². The van der Waals surface area contributed by atoms with Crippen molar-refractivity contribution in [2.24, 2.45) is 12.8 Å². The van der Waals surface area contributed by atoms with Crippen molar-refractivity contribution in [3.8, 4) is 5.75 Å². The summed E-state index contributed by atoms with van der Waals surface area (Å²) in [6, 6.07) is 7.92. The fourth-order valence-corrected chi connectivity index (χ4v) is 2.03. The number of aryl methyl sites for hydroxylation is 1. The van der Waals surface area contributed by atoms with Gasteiger partial charge in [-0.15, -0.1) is 10.2 Å². The summed E-state index contributed by atoms with van der Waals surface area (Å²) in [4.78, 5) is 1.44. The summed E-state index contributed by atoms with van der Waals surface area (Å²) in [5, 5.41) is 11.9. The molecule has 6 nitrogen and oxygen atoms in total. The lowest BCUT2D eigenvalue weighted by molar-refractivity contribution is 0.413. The zero-order valence-corrected chi connectivity index (χ0v) is 11.5. The Balaban J connectivity index is 2.03. The summed E-state index contributed by atoms with van der Waals surface area (Å²) >= 11 is 0. The number of hydrogen-bond donors (Lipinski definition) is 1. The lowest BCUT2D eigenvalue weighted by Crippen LogP contribution is -2.41. The second-order valence-corrected chi connectivity index (χ2v) is 5.05. The molecule has 0 aliphatic carbocycles. The van der Waals surface area contributed by atoms with E-state index in [4.69, 9.17) is 10.5 Å². The Kier molecular flexibility index (Phi) is 3.80. The topological polar surface area (TPSA) is 78.9 Å². The number of nitrogens with two attached hydrogens (primary N) is 1. The highest BCUT2D eigenvalue weighted by atomic mass is 16.5. The van der Waals surface area contributed by atoms with Crippen LogP contribution in [0, 0.1) is 0 Å². The zero-order chi connectivity index (χ0) is 13.9. The maximum absolute atomic E-state index is 6.31. The van der Waals surface area contributed by atoms with Crippen LogP contribution in [0.5, 0.6) is 5.75 Å². The number of aromatic nitrogens is 4. The van der Waals surface area contributed by atoms with Crippen LogP contribution in [0.15, 0.2) is 24.3 Å². The minimum atomic E-state index is -0.405. The predicted octanol–water partition coefficient (Wildman–Crippen LogP) is 0.721. The van der Waals surface area contributed by atoms with E-state index in [0.717, 1.165) is 17.7 Å². The van der Waals surface area contributed by atoms with Gasteiger partial charge in [-0.2, -0.15) is 4.80 Å². The highest BCUT2D eigenvalue weighted by Gasteiger charge is 2.22. The number of tetrazole rings is 1. The Morgan fingerprint density at radius 2 is 1.95 bits per heavy atom. The summed E-state index contributed by atoms with van der Waals surface area (Å²) in [5.41, 5.74) is 7.07. The number of ether oxygens (including phenoxy) is 1. The van der Waals surface area contributed by atoms with Crippen molar-refractivity contribution in [3.63, 3.8) is 0 Å². The van der Waals surface area contributed by atoms with E-state index in [1.807, 2.05) is 31.2 Å². The molecule has 0 bridgehead atoms. The smallest absolute Gasteiger partial charge is 0.176 e. The molecule has 2 aromatic rings. The molecule has 1 heterocycles. The molecule has 0 aliphatic heterocycles. The minimum absolute atomic E-state index is 0.405. The molecule has 6 heteroatoms. The quantitative estimate of drug-likeness (QED) is 0.858. The summed E-state index contributed by atoms with van der Waals surface area (Å²) in [6.07, 6.45) is 1.34. The third-order valence-corrected chi connectivity index (χ3v) is 2.88. The van der Waals surface area contributed by atoms with E-state index in [2.05, 4.69) is 15.4 Å². The third kappa shape index (κ3) is 3.75. The van der Waals surface area contributed by atoms with Crippen LogP contribution in [-0.4, -0.2) is 32.9 Å². The Morgan fingerprint density at radius 1 is 1.26 bits per heavy atom. The number of benzene rings is 1. The standard InChI is InChI=1S/C13H19N5O/c1-13(14,9-12-15-17-18(2)16-12)8-10-4-6-11(19-3)7-5-10/h4-7H,8-9,14H2,1-3H3. The van der Waals surface area contributed by atoms with Gasteiger partial charge < -0.3 is 10.5 Å². The molecule has 1 atom stereocenters. The summed E-state index contributed by atoms with van der Waals surface area (Å²) in [6.45, 7) is 1.99. The van der Waals surface area contributed by atoms with Gasteiger partial charge in [0.05, 0.1) is 14.2 Å². The van der Waals surface area contributed by atoms with Gasteiger partial charge in [0.15, 0.2) is 5.82 Å². The van der Waals surface area contributed by atoms with E-state index in [0.29, 0.717) is 12.2 Å². The van der Waals surface area contributed by atoms with E-state index >= 15 is 0 Å². The molecule has 0 aliphatic rings. The van der Waals surface area contributed by atoms with Gasteiger partial charge in [0.2, 0.25) is 0 Å². The van der Waals surface area contributed by atoms with Gasteiger partial charge in [-0.05, 0) is 36.3 Å². The lowest BCUT2D eigenvalue weighted by atomic mass is 9.90. The van der Waals surface area contributed by atoms with Gasteiger partial charge in [0, 0.05) is 12.0 Å². The van der Waals surface area contributed by atoms with Gasteiger partial charge in [0.25, 0.3) is 0 Å². The molecule has 2 rings (SSSR count). The fraction of sp³-hybridized carbons (Fsp3) is 0.462. The molecule has 0 saturated heterocycles. The van der Waals surface area contributed by atoms with Crippen LogP contribution in [0.3, 0.4) is 0 Å². The first kappa shape index (κ1) is 13.5. The monoisotopic (exact) mass is 261 g/mol. The van der Waals surface area contributed by atoms with Crippen LogP contribution in [-0.2, 0) is 19.9 Å². The average molecular weight is 261 g/mol. The Bertz CT molecular complexity index is 532. The first-order valence-corrected chi connectivity index (χ1v) is 6.13. The fourth-order valence-electron chi connectivity index (χ4n) is 2.03. The molecule has 1 unspecified atom stereocenters. The van der Waals surface area contributed by atoms with Crippen molar-refractivity contribution in [2.45, 2.75) is 25.3 Å². The zero-order valence-electron chi connectivity index (χ0n) is 11.5. The number of nitrogens with zero attached hydrogens (tertiary/aromatic N) is 4. The van der Waals surface area contributed by atoms with Gasteiger partial charge in [-0.3, -0.25) is 0 Å². The van der Waals surface area contributed by atoms with Crippen LogP contribution >= 0.6 is 0 Å². The van der Waals surface area contributed by atoms with Crippen LogP contribution in [0.25, 0.3) is 0 Å². The molecule has 1 aromatic heterocycles. The number of hydrogen-bond acceptors (Lipinski definition) is 5. The van der Waals surface area contributed by atoms with Crippen molar-refractivity contribution < 1.29 is 4.74 Å². The van der Waals surface area contributed by atoms with Crippen LogP contribution in [0.4, 0.5) is 0 Å². The Morgan fingerprint density at radius 3 is 2.47 bits per heavy atom. The normalized spacial score (nSPS) is 14.1. The average Bonchev–Trinajstić information content (AvgIpc) is 2.74. The van der Waals surface area contributed by atoms with E-state index in [-0.39, 0.29) is 0 Å². The van der Waals surface area contributed by atoms with Crippen molar-refractivity contribution in [2.75, 3.05) is 7.11 Å². The largest absolute Gasteiger partial charge is 0.497 e. The van der Waals surface area contributed by atoms with Crippen LogP contribution < -0.4 is 10.5 Å². The van der Waals surface area contributed by atoms with Crippen molar-refractivity contribution in [3.05, 3.63) is 35.7 Å². The predicted molar refractivity (Wildman–Crippen MR) is 71.8 cm³/mol. The number of methoxy groups -OCH3 is 1. The van der Waals surface area contributed by atoms with Crippen molar-refractivity contribution in [1.82, 2.24) is 20.2 Å². The summed E-state index contributed by atoms with van der Waals surface area (Å²) in [7, 11) is 3.40. The Hall–Kier alpha value is -1.95. The highest BCUT2D eigenvalue weighted by Crippen LogP contribution is 2.17. The second-order valence-electron chi connectivity index (χ2n) is 5.05. The number of rotatable bonds is 5. The molecule has 0 radical (unpaired) electrons. The molecule has 1 aromatic carbocycles. The third-order valence-electron chi connectivity index (χ3n) is 2.88. The maximum Gasteiger partial charge on any atom is 0.176 e. The molecule has 0 fully saturated rings. The maximum atomic E-state index is 6.31. The van der Waals surface area contributed by atoms with Gasteiger partial charge in [0.1, 0.15) is 5.75 Å². The molecule has 19 heavy (non-hydrogen) atoms.